The largest absolute Gasteiger partial charge is 0.322 e. The summed E-state index contributed by atoms with van der Waals surface area (Å²) >= 11 is 1.60. The SMILES string of the molecule is Cc1ccc(N2C(=O)CSC2c2cccc(NC(=O)c3ccccc3)c2)cc1C. The molecule has 1 N–H and O–H groups in total. The van der Waals surface area contributed by atoms with E-state index in [1.54, 1.807) is 23.9 Å². The van der Waals surface area contributed by atoms with Crippen molar-refractivity contribution in [1.29, 1.82) is 0 Å². The predicted octanol–water partition coefficient (Wildman–Crippen LogP) is 5.33. The van der Waals surface area contributed by atoms with E-state index < -0.39 is 0 Å². The molecule has 0 bridgehead atoms. The smallest absolute Gasteiger partial charge is 0.255 e. The maximum absolute atomic E-state index is 12.6. The first kappa shape index (κ1) is 19.3. The number of hydrogen-bond donors (Lipinski definition) is 1. The summed E-state index contributed by atoms with van der Waals surface area (Å²) in [5.41, 5.74) is 5.60. The van der Waals surface area contributed by atoms with Crippen molar-refractivity contribution in [2.75, 3.05) is 16.0 Å². The molecule has 1 unspecified atom stereocenters. The van der Waals surface area contributed by atoms with Gasteiger partial charge in [-0.25, -0.2) is 0 Å². The zero-order valence-electron chi connectivity index (χ0n) is 16.4. The van der Waals surface area contributed by atoms with E-state index in [0.29, 0.717) is 11.3 Å². The minimum Gasteiger partial charge on any atom is -0.322 e. The number of nitrogens with zero attached hydrogens (tertiary/aromatic N) is 1. The highest BCUT2D eigenvalue weighted by Crippen LogP contribution is 2.42. The van der Waals surface area contributed by atoms with E-state index in [9.17, 15) is 9.59 Å². The maximum atomic E-state index is 12.6. The fraction of sp³-hybridized carbons (Fsp3) is 0.167. The third-order valence-corrected chi connectivity index (χ3v) is 6.31. The van der Waals surface area contributed by atoms with Gasteiger partial charge in [0.1, 0.15) is 5.37 Å². The molecule has 1 fully saturated rings. The molecule has 1 aliphatic heterocycles. The Kier molecular flexibility index (Phi) is 5.41. The van der Waals surface area contributed by atoms with Crippen molar-refractivity contribution >= 4 is 35.0 Å². The van der Waals surface area contributed by atoms with Crippen molar-refractivity contribution in [3.63, 3.8) is 0 Å². The first-order valence-corrected chi connectivity index (χ1v) is 10.5. The highest BCUT2D eigenvalue weighted by Gasteiger charge is 2.34. The number of thioether (sulfide) groups is 1. The Labute approximate surface area is 174 Å². The van der Waals surface area contributed by atoms with Crippen molar-refractivity contribution in [2.45, 2.75) is 19.2 Å². The van der Waals surface area contributed by atoms with E-state index in [2.05, 4.69) is 31.3 Å². The summed E-state index contributed by atoms with van der Waals surface area (Å²) in [4.78, 5) is 27.0. The Balaban J connectivity index is 1.60. The first-order chi connectivity index (χ1) is 14.0. The van der Waals surface area contributed by atoms with Gasteiger partial charge in [0.25, 0.3) is 5.91 Å². The monoisotopic (exact) mass is 402 g/mol. The Morgan fingerprint density at radius 1 is 0.966 bits per heavy atom. The van der Waals surface area contributed by atoms with Crippen molar-refractivity contribution < 1.29 is 9.59 Å². The lowest BCUT2D eigenvalue weighted by Crippen LogP contribution is -2.28. The van der Waals surface area contributed by atoms with Crippen LogP contribution in [-0.4, -0.2) is 17.6 Å². The standard InChI is InChI=1S/C24H22N2O2S/c1-16-11-12-21(13-17(16)2)26-22(27)15-29-24(26)19-9-6-10-20(14-19)25-23(28)18-7-4-3-5-8-18/h3-14,24H,15H2,1-2H3,(H,25,28). The van der Waals surface area contributed by atoms with Gasteiger partial charge in [-0.15, -0.1) is 11.8 Å². The number of carbonyl (C=O) groups excluding carboxylic acids is 2. The van der Waals surface area contributed by atoms with Crippen molar-refractivity contribution in [1.82, 2.24) is 0 Å². The van der Waals surface area contributed by atoms with Crippen LogP contribution in [0, 0.1) is 13.8 Å². The van der Waals surface area contributed by atoms with Crippen molar-refractivity contribution in [2.24, 2.45) is 0 Å². The van der Waals surface area contributed by atoms with Gasteiger partial charge >= 0.3 is 0 Å². The first-order valence-electron chi connectivity index (χ1n) is 9.50. The molecule has 1 saturated heterocycles. The van der Waals surface area contributed by atoms with Crippen molar-refractivity contribution in [3.8, 4) is 0 Å². The highest BCUT2D eigenvalue weighted by molar-refractivity contribution is 8.00. The Hall–Kier alpha value is -3.05. The summed E-state index contributed by atoms with van der Waals surface area (Å²) in [6.07, 6.45) is 0. The zero-order valence-corrected chi connectivity index (χ0v) is 17.2. The third kappa shape index (κ3) is 4.05. The maximum Gasteiger partial charge on any atom is 0.255 e. The zero-order chi connectivity index (χ0) is 20.4. The molecule has 146 valence electrons. The molecule has 0 spiro atoms. The van der Waals surface area contributed by atoms with Gasteiger partial charge in [0.05, 0.1) is 5.75 Å². The fourth-order valence-electron chi connectivity index (χ4n) is 3.39. The van der Waals surface area contributed by atoms with Crippen LogP contribution in [0.15, 0.2) is 72.8 Å². The number of carbonyl (C=O) groups is 2. The summed E-state index contributed by atoms with van der Waals surface area (Å²) in [7, 11) is 0. The van der Waals surface area contributed by atoms with Crippen LogP contribution in [0.4, 0.5) is 11.4 Å². The minimum absolute atomic E-state index is 0.0991. The van der Waals surface area contributed by atoms with E-state index in [1.165, 1.54) is 5.56 Å². The van der Waals surface area contributed by atoms with E-state index in [1.807, 2.05) is 53.4 Å². The van der Waals surface area contributed by atoms with E-state index >= 15 is 0 Å². The van der Waals surface area contributed by atoms with Crippen LogP contribution in [0.5, 0.6) is 0 Å². The molecular weight excluding hydrogens is 380 g/mol. The number of rotatable bonds is 4. The fourth-order valence-corrected chi connectivity index (χ4v) is 4.55. The molecule has 2 amide bonds. The van der Waals surface area contributed by atoms with Crippen LogP contribution in [-0.2, 0) is 4.79 Å². The lowest BCUT2D eigenvalue weighted by molar-refractivity contribution is -0.115. The van der Waals surface area contributed by atoms with Crippen LogP contribution in [0.2, 0.25) is 0 Å². The second-order valence-electron chi connectivity index (χ2n) is 7.14. The Morgan fingerprint density at radius 2 is 1.76 bits per heavy atom. The molecular formula is C24H22N2O2S. The molecule has 4 rings (SSSR count). The molecule has 1 atom stereocenters. The van der Waals surface area contributed by atoms with Gasteiger partial charge in [-0.1, -0.05) is 36.4 Å². The highest BCUT2D eigenvalue weighted by atomic mass is 32.2. The molecule has 0 aromatic heterocycles. The Morgan fingerprint density at radius 3 is 2.52 bits per heavy atom. The molecule has 29 heavy (non-hydrogen) atoms. The van der Waals surface area contributed by atoms with Crippen LogP contribution in [0.3, 0.4) is 0 Å². The van der Waals surface area contributed by atoms with Crippen molar-refractivity contribution in [3.05, 3.63) is 95.1 Å². The molecule has 4 nitrogen and oxygen atoms in total. The summed E-state index contributed by atoms with van der Waals surface area (Å²) < 4.78 is 0. The average molecular weight is 403 g/mol. The third-order valence-electron chi connectivity index (χ3n) is 5.10. The normalized spacial score (nSPS) is 16.1. The lowest BCUT2D eigenvalue weighted by Gasteiger charge is -2.25. The molecule has 1 heterocycles. The topological polar surface area (TPSA) is 49.4 Å². The lowest BCUT2D eigenvalue weighted by atomic mass is 10.1. The molecule has 0 aliphatic carbocycles. The van der Waals surface area contributed by atoms with Gasteiger partial charge < -0.3 is 5.32 Å². The van der Waals surface area contributed by atoms with Gasteiger partial charge in [0, 0.05) is 16.9 Å². The molecule has 3 aromatic carbocycles. The number of hydrogen-bond acceptors (Lipinski definition) is 3. The summed E-state index contributed by atoms with van der Waals surface area (Å²) in [6.45, 7) is 4.12. The van der Waals surface area contributed by atoms with Gasteiger partial charge in [0.15, 0.2) is 0 Å². The van der Waals surface area contributed by atoms with E-state index in [4.69, 9.17) is 0 Å². The summed E-state index contributed by atoms with van der Waals surface area (Å²) in [5.74, 6) is 0.393. The molecule has 0 radical (unpaired) electrons. The minimum atomic E-state index is -0.149. The van der Waals surface area contributed by atoms with Crippen LogP contribution < -0.4 is 10.2 Å². The number of anilines is 2. The van der Waals surface area contributed by atoms with Gasteiger partial charge in [-0.3, -0.25) is 14.5 Å². The number of amides is 2. The van der Waals surface area contributed by atoms with E-state index in [0.717, 1.165) is 22.5 Å². The van der Waals surface area contributed by atoms with Crippen LogP contribution in [0.1, 0.15) is 32.4 Å². The van der Waals surface area contributed by atoms with Crippen LogP contribution in [0.25, 0.3) is 0 Å². The predicted molar refractivity (Wildman–Crippen MR) is 119 cm³/mol. The van der Waals surface area contributed by atoms with Gasteiger partial charge in [0.2, 0.25) is 5.91 Å². The number of benzene rings is 3. The second kappa shape index (κ2) is 8.13. The quantitative estimate of drug-likeness (QED) is 0.641. The second-order valence-corrected chi connectivity index (χ2v) is 8.21. The van der Waals surface area contributed by atoms with Gasteiger partial charge in [-0.05, 0) is 66.9 Å². The van der Waals surface area contributed by atoms with Crippen LogP contribution >= 0.6 is 11.8 Å². The summed E-state index contributed by atoms with van der Waals surface area (Å²) in [6, 6.07) is 23.0. The molecule has 1 aliphatic rings. The summed E-state index contributed by atoms with van der Waals surface area (Å²) in [5, 5.41) is 2.84. The van der Waals surface area contributed by atoms with E-state index in [-0.39, 0.29) is 17.2 Å². The molecule has 0 saturated carbocycles. The Bertz CT molecular complexity index is 1070. The number of aryl methyl sites for hydroxylation is 2. The average Bonchev–Trinajstić information content (AvgIpc) is 3.12. The number of nitrogens with one attached hydrogen (secondary N) is 1. The molecule has 3 aromatic rings. The molecule has 5 heteroatoms. The van der Waals surface area contributed by atoms with Gasteiger partial charge in [-0.2, -0.15) is 0 Å².